The van der Waals surface area contributed by atoms with Crippen LogP contribution in [0.5, 0.6) is 0 Å². The summed E-state index contributed by atoms with van der Waals surface area (Å²) < 4.78 is 12.7. The third kappa shape index (κ3) is 10.9. The van der Waals surface area contributed by atoms with Gasteiger partial charge in [0.25, 0.3) is 0 Å². The van der Waals surface area contributed by atoms with Crippen molar-refractivity contribution in [2.24, 2.45) is 11.8 Å². The predicted molar refractivity (Wildman–Crippen MR) is 180 cm³/mol. The second kappa shape index (κ2) is 18.3. The quantitative estimate of drug-likeness (QED) is 0.0779. The molecule has 4 aromatic rings. The molecule has 0 aliphatic carbocycles. The summed E-state index contributed by atoms with van der Waals surface area (Å²) in [6.45, 7) is 4.92. The summed E-state index contributed by atoms with van der Waals surface area (Å²) >= 11 is 1.74. The molecule has 0 N–H and O–H groups in total. The van der Waals surface area contributed by atoms with Crippen molar-refractivity contribution in [1.29, 1.82) is 0 Å². The molecule has 0 saturated carbocycles. The van der Waals surface area contributed by atoms with Crippen LogP contribution in [0, 0.1) is 11.8 Å². The lowest BCUT2D eigenvalue weighted by Gasteiger charge is -2.22. The van der Waals surface area contributed by atoms with Crippen LogP contribution in [0.25, 0.3) is 10.2 Å². The number of unbranched alkanes of at least 4 members (excludes halogenated alkanes) is 2. The van der Waals surface area contributed by atoms with Gasteiger partial charge in [-0.25, -0.2) is 4.98 Å². The van der Waals surface area contributed by atoms with E-state index in [2.05, 4.69) is 44.2 Å². The van der Waals surface area contributed by atoms with Crippen LogP contribution in [0.4, 0.5) is 0 Å². The topological polar surface area (TPSA) is 65.5 Å². The number of ether oxygens (including phenoxy) is 2. The van der Waals surface area contributed by atoms with Gasteiger partial charge in [-0.2, -0.15) is 0 Å². The number of esters is 2. The Morgan fingerprint density at radius 3 is 2.09 bits per heavy atom. The van der Waals surface area contributed by atoms with E-state index in [1.807, 2.05) is 48.5 Å². The fraction of sp³-hybridized carbons (Fsp3) is 0.447. The van der Waals surface area contributed by atoms with Crippen molar-refractivity contribution < 1.29 is 19.1 Å². The number of carbonyl (C=O) groups excluding carboxylic acids is 2. The van der Waals surface area contributed by atoms with Gasteiger partial charge in [0, 0.05) is 0 Å². The number of rotatable bonds is 19. The number of carbonyl (C=O) groups is 2. The molecule has 0 aliphatic rings. The van der Waals surface area contributed by atoms with Crippen molar-refractivity contribution in [1.82, 2.24) is 4.98 Å². The highest BCUT2D eigenvalue weighted by molar-refractivity contribution is 7.18. The average Bonchev–Trinajstić information content (AvgIpc) is 3.47. The molecule has 0 aliphatic heterocycles. The molecule has 1 unspecified atom stereocenters. The first-order chi connectivity index (χ1) is 21.6. The zero-order chi connectivity index (χ0) is 31.0. The van der Waals surface area contributed by atoms with Crippen molar-refractivity contribution in [3.8, 4) is 0 Å². The number of para-hydroxylation sites is 1. The van der Waals surface area contributed by atoms with Gasteiger partial charge < -0.3 is 9.47 Å². The first-order valence-corrected chi connectivity index (χ1v) is 17.2. The molecule has 1 heterocycles. The van der Waals surface area contributed by atoms with Crippen molar-refractivity contribution in [2.75, 3.05) is 6.61 Å². The van der Waals surface area contributed by atoms with Crippen LogP contribution in [-0.4, -0.2) is 23.5 Å². The number of fused-ring (bicyclic) bond motifs is 1. The molecule has 44 heavy (non-hydrogen) atoms. The summed E-state index contributed by atoms with van der Waals surface area (Å²) in [6.07, 6.45) is 9.18. The van der Waals surface area contributed by atoms with Gasteiger partial charge in [0.15, 0.2) is 0 Å². The number of aryl methyl sites for hydroxylation is 3. The van der Waals surface area contributed by atoms with Gasteiger partial charge in [-0.05, 0) is 80.2 Å². The van der Waals surface area contributed by atoms with E-state index in [1.165, 1.54) is 15.8 Å². The molecule has 0 fully saturated rings. The third-order valence-electron chi connectivity index (χ3n) is 8.08. The number of thiazole rings is 1. The molecule has 234 valence electrons. The van der Waals surface area contributed by atoms with Crippen LogP contribution in [0.3, 0.4) is 0 Å². The average molecular weight is 614 g/mol. The predicted octanol–water partition coefficient (Wildman–Crippen LogP) is 9.30. The molecular formula is C38H47NO4S. The van der Waals surface area contributed by atoms with Crippen LogP contribution in [0.1, 0.15) is 86.9 Å². The highest BCUT2D eigenvalue weighted by Crippen LogP contribution is 2.27. The third-order valence-corrected chi connectivity index (χ3v) is 9.17. The van der Waals surface area contributed by atoms with Crippen molar-refractivity contribution >= 4 is 33.5 Å². The van der Waals surface area contributed by atoms with E-state index in [1.54, 1.807) is 11.3 Å². The largest absolute Gasteiger partial charge is 0.465 e. The molecule has 6 heteroatoms. The minimum absolute atomic E-state index is 0.191. The van der Waals surface area contributed by atoms with Gasteiger partial charge in [-0.1, -0.05) is 99.8 Å². The summed E-state index contributed by atoms with van der Waals surface area (Å²) in [7, 11) is 0. The molecular weight excluding hydrogens is 566 g/mol. The molecule has 0 amide bonds. The summed E-state index contributed by atoms with van der Waals surface area (Å²) in [5.74, 6) is -1.16. The minimum Gasteiger partial charge on any atom is -0.465 e. The Balaban J connectivity index is 1.41. The Morgan fingerprint density at radius 1 is 0.682 bits per heavy atom. The Labute approximate surface area is 267 Å². The summed E-state index contributed by atoms with van der Waals surface area (Å²) in [6, 6.07) is 26.7. The Kier molecular flexibility index (Phi) is 13.9. The van der Waals surface area contributed by atoms with Gasteiger partial charge in [0.2, 0.25) is 0 Å². The molecule has 5 nitrogen and oxygen atoms in total. The van der Waals surface area contributed by atoms with Crippen LogP contribution in [0.2, 0.25) is 0 Å². The van der Waals surface area contributed by atoms with Gasteiger partial charge in [-0.3, -0.25) is 9.59 Å². The van der Waals surface area contributed by atoms with E-state index in [-0.39, 0.29) is 30.4 Å². The molecule has 0 spiro atoms. The molecule has 4 rings (SSSR count). The number of benzene rings is 3. The van der Waals surface area contributed by atoms with E-state index >= 15 is 0 Å². The molecule has 0 radical (unpaired) electrons. The van der Waals surface area contributed by atoms with Gasteiger partial charge in [0.05, 0.1) is 33.7 Å². The maximum absolute atomic E-state index is 13.5. The van der Waals surface area contributed by atoms with E-state index in [4.69, 9.17) is 14.5 Å². The van der Waals surface area contributed by atoms with Crippen LogP contribution < -0.4 is 0 Å². The maximum atomic E-state index is 13.5. The maximum Gasteiger partial charge on any atom is 0.309 e. The number of hydrogen-bond donors (Lipinski definition) is 0. The van der Waals surface area contributed by atoms with Gasteiger partial charge in [0.1, 0.15) is 6.61 Å². The highest BCUT2D eigenvalue weighted by Gasteiger charge is 2.29. The van der Waals surface area contributed by atoms with Gasteiger partial charge >= 0.3 is 11.9 Å². The normalized spacial score (nSPS) is 12.6. The lowest BCUT2D eigenvalue weighted by molar-refractivity contribution is -0.154. The fourth-order valence-electron chi connectivity index (χ4n) is 5.48. The standard InChI is InChI=1S/C38H47NO4S/c1-3-5-26-42-37(40)32(16-9-12-19-36-39-34-17-10-11-18-35(34)44-36)27-33(38(41)43-28-31-14-7-6-8-15-31)25-24-30-22-20-29(13-4-2)21-23-30/h6-8,10-11,14-15,17-18,20-23,32-33H,3-5,9,12-13,16,19,24-28H2,1-2H3/t32?,33-/m1/s1. The zero-order valence-electron chi connectivity index (χ0n) is 26.3. The molecule has 0 saturated heterocycles. The second-order valence-corrected chi connectivity index (χ2v) is 12.8. The Bertz CT molecular complexity index is 1380. The first-order valence-electron chi connectivity index (χ1n) is 16.3. The number of nitrogens with zero attached hydrogens (tertiary/aromatic N) is 1. The fourth-order valence-corrected chi connectivity index (χ4v) is 6.49. The van der Waals surface area contributed by atoms with E-state index in [9.17, 15) is 9.59 Å². The smallest absolute Gasteiger partial charge is 0.309 e. The van der Waals surface area contributed by atoms with Gasteiger partial charge in [-0.15, -0.1) is 11.3 Å². The second-order valence-electron chi connectivity index (χ2n) is 11.7. The summed E-state index contributed by atoms with van der Waals surface area (Å²) in [5, 5.41) is 1.13. The SMILES string of the molecule is CCCCOC(=O)C(CCCCc1nc2ccccc2s1)C[C@@H](CCc1ccc(CCC)cc1)C(=O)OCc1ccccc1. The summed E-state index contributed by atoms with van der Waals surface area (Å²) in [5.41, 5.74) is 4.53. The Morgan fingerprint density at radius 2 is 1.36 bits per heavy atom. The lowest BCUT2D eigenvalue weighted by Crippen LogP contribution is -2.27. The number of aromatic nitrogens is 1. The molecule has 2 atom stereocenters. The zero-order valence-corrected chi connectivity index (χ0v) is 27.2. The summed E-state index contributed by atoms with van der Waals surface area (Å²) in [4.78, 5) is 31.6. The van der Waals surface area contributed by atoms with Crippen molar-refractivity contribution in [3.05, 3.63) is 101 Å². The monoisotopic (exact) mass is 613 g/mol. The van der Waals surface area contributed by atoms with Crippen molar-refractivity contribution in [3.63, 3.8) is 0 Å². The minimum atomic E-state index is -0.387. The van der Waals surface area contributed by atoms with Crippen molar-refractivity contribution in [2.45, 2.75) is 91.1 Å². The van der Waals surface area contributed by atoms with E-state index < -0.39 is 0 Å². The van der Waals surface area contributed by atoms with Crippen LogP contribution >= 0.6 is 11.3 Å². The van der Waals surface area contributed by atoms with E-state index in [0.29, 0.717) is 25.9 Å². The Hall–Kier alpha value is -3.51. The number of hydrogen-bond acceptors (Lipinski definition) is 6. The first kappa shape index (κ1) is 33.4. The van der Waals surface area contributed by atoms with E-state index in [0.717, 1.165) is 67.5 Å². The molecule has 1 aromatic heterocycles. The molecule has 3 aromatic carbocycles. The van der Waals surface area contributed by atoms with Crippen LogP contribution in [-0.2, 0) is 44.9 Å². The van der Waals surface area contributed by atoms with Crippen LogP contribution in [0.15, 0.2) is 78.9 Å². The lowest BCUT2D eigenvalue weighted by atomic mass is 9.86. The highest BCUT2D eigenvalue weighted by atomic mass is 32.1. The molecule has 0 bridgehead atoms.